The van der Waals surface area contributed by atoms with Crippen molar-refractivity contribution in [3.8, 4) is 5.75 Å². The Morgan fingerprint density at radius 1 is 1.32 bits per heavy atom. The summed E-state index contributed by atoms with van der Waals surface area (Å²) in [5, 5.41) is 1.04. The van der Waals surface area contributed by atoms with Crippen molar-refractivity contribution in [3.63, 3.8) is 0 Å². The Hall–Kier alpha value is -2.10. The van der Waals surface area contributed by atoms with Gasteiger partial charge < -0.3 is 9.47 Å². The average molecular weight is 259 g/mol. The molecule has 0 aliphatic heterocycles. The van der Waals surface area contributed by atoms with E-state index in [0.717, 1.165) is 27.9 Å². The number of nitrogens with zero attached hydrogens (tertiary/aromatic N) is 1. The molecule has 1 aromatic heterocycles. The zero-order valence-corrected chi connectivity index (χ0v) is 11.4. The molecular formula is C15H17NO3. The zero-order chi connectivity index (χ0) is 13.8. The number of fused-ring (bicyclic) bond motifs is 1. The molecule has 19 heavy (non-hydrogen) atoms. The van der Waals surface area contributed by atoms with Gasteiger partial charge in [-0.15, -0.1) is 0 Å². The van der Waals surface area contributed by atoms with Gasteiger partial charge in [-0.2, -0.15) is 0 Å². The Balaban J connectivity index is 2.41. The fraction of sp³-hybridized carbons (Fsp3) is 0.333. The Bertz CT molecular complexity index is 608. The first-order chi connectivity index (χ1) is 9.13. The number of ether oxygens (including phenoxy) is 2. The molecule has 0 N–H and O–H groups in total. The molecule has 0 saturated carbocycles. The topological polar surface area (TPSA) is 48.4 Å². The Labute approximate surface area is 112 Å². The van der Waals surface area contributed by atoms with Crippen LogP contribution in [-0.2, 0) is 16.0 Å². The van der Waals surface area contributed by atoms with E-state index in [9.17, 15) is 4.79 Å². The minimum Gasteiger partial charge on any atom is -0.494 e. The smallest absolute Gasteiger partial charge is 0.311 e. The molecule has 0 amide bonds. The molecule has 0 atom stereocenters. The molecule has 4 heteroatoms. The quantitative estimate of drug-likeness (QED) is 0.792. The minimum absolute atomic E-state index is 0.195. The van der Waals surface area contributed by atoms with Gasteiger partial charge in [0.15, 0.2) is 0 Å². The normalized spacial score (nSPS) is 10.5. The number of aromatic nitrogens is 1. The number of esters is 1. The number of carbonyl (C=O) groups is 1. The van der Waals surface area contributed by atoms with Crippen molar-refractivity contribution in [2.45, 2.75) is 20.3 Å². The number of pyridine rings is 1. The highest BCUT2D eigenvalue weighted by Crippen LogP contribution is 2.23. The third kappa shape index (κ3) is 3.02. The van der Waals surface area contributed by atoms with E-state index in [0.29, 0.717) is 6.61 Å². The van der Waals surface area contributed by atoms with Crippen LogP contribution in [0, 0.1) is 6.92 Å². The van der Waals surface area contributed by atoms with Crippen LogP contribution in [-0.4, -0.2) is 24.7 Å². The van der Waals surface area contributed by atoms with Crippen molar-refractivity contribution >= 4 is 16.9 Å². The first-order valence-corrected chi connectivity index (χ1v) is 6.24. The van der Waals surface area contributed by atoms with E-state index in [4.69, 9.17) is 4.74 Å². The van der Waals surface area contributed by atoms with Gasteiger partial charge in [-0.25, -0.2) is 0 Å². The average Bonchev–Trinajstić information content (AvgIpc) is 2.40. The molecule has 100 valence electrons. The zero-order valence-electron chi connectivity index (χ0n) is 11.4. The Morgan fingerprint density at radius 3 is 2.79 bits per heavy atom. The number of aryl methyl sites for hydroxylation is 1. The van der Waals surface area contributed by atoms with Gasteiger partial charge in [-0.05, 0) is 43.7 Å². The van der Waals surface area contributed by atoms with Gasteiger partial charge in [0.05, 0.1) is 31.3 Å². The maximum Gasteiger partial charge on any atom is 0.311 e. The lowest BCUT2D eigenvalue weighted by Gasteiger charge is -2.08. The number of methoxy groups -OCH3 is 1. The Morgan fingerprint density at radius 2 is 2.11 bits per heavy atom. The SMILES string of the molecule is CCOc1ccc2nc(CC(=O)OC)cc(C)c2c1. The monoisotopic (exact) mass is 259 g/mol. The molecule has 1 aromatic carbocycles. The van der Waals surface area contributed by atoms with Crippen LogP contribution >= 0.6 is 0 Å². The molecule has 0 aliphatic carbocycles. The predicted molar refractivity (Wildman–Crippen MR) is 73.4 cm³/mol. The molecule has 0 saturated heterocycles. The molecular weight excluding hydrogens is 242 g/mol. The molecule has 0 bridgehead atoms. The summed E-state index contributed by atoms with van der Waals surface area (Å²) in [7, 11) is 1.38. The van der Waals surface area contributed by atoms with Crippen molar-refractivity contribution in [3.05, 3.63) is 35.5 Å². The number of hydrogen-bond acceptors (Lipinski definition) is 4. The van der Waals surface area contributed by atoms with Crippen molar-refractivity contribution in [2.75, 3.05) is 13.7 Å². The summed E-state index contributed by atoms with van der Waals surface area (Å²) in [6.07, 6.45) is 0.195. The van der Waals surface area contributed by atoms with Gasteiger partial charge in [0.25, 0.3) is 0 Å². The largest absolute Gasteiger partial charge is 0.494 e. The highest BCUT2D eigenvalue weighted by atomic mass is 16.5. The highest BCUT2D eigenvalue weighted by molar-refractivity contribution is 5.84. The standard InChI is InChI=1S/C15H17NO3/c1-4-19-12-5-6-14-13(9-12)10(2)7-11(16-14)8-15(17)18-3/h5-7,9H,4,8H2,1-3H3. The van der Waals surface area contributed by atoms with Crippen LogP contribution in [0.3, 0.4) is 0 Å². The molecule has 0 aliphatic rings. The van der Waals surface area contributed by atoms with E-state index in [2.05, 4.69) is 9.72 Å². The van der Waals surface area contributed by atoms with Crippen molar-refractivity contribution in [1.82, 2.24) is 4.98 Å². The molecule has 0 unspecified atom stereocenters. The van der Waals surface area contributed by atoms with E-state index >= 15 is 0 Å². The molecule has 2 rings (SSSR count). The highest BCUT2D eigenvalue weighted by Gasteiger charge is 2.08. The summed E-state index contributed by atoms with van der Waals surface area (Å²) in [6, 6.07) is 7.69. The lowest BCUT2D eigenvalue weighted by molar-refractivity contribution is -0.139. The Kier molecular flexibility index (Phi) is 4.00. The minimum atomic E-state index is -0.280. The number of hydrogen-bond donors (Lipinski definition) is 0. The van der Waals surface area contributed by atoms with Gasteiger partial charge in [0, 0.05) is 5.39 Å². The predicted octanol–water partition coefficient (Wildman–Crippen LogP) is 2.66. The maximum atomic E-state index is 11.3. The van der Waals surface area contributed by atoms with Crippen LogP contribution in [0.25, 0.3) is 10.9 Å². The van der Waals surface area contributed by atoms with E-state index in [1.54, 1.807) is 0 Å². The first-order valence-electron chi connectivity index (χ1n) is 6.24. The second-order valence-electron chi connectivity index (χ2n) is 4.30. The van der Waals surface area contributed by atoms with Crippen LogP contribution in [0.1, 0.15) is 18.2 Å². The summed E-state index contributed by atoms with van der Waals surface area (Å²) in [4.78, 5) is 15.8. The number of carbonyl (C=O) groups excluding carboxylic acids is 1. The lowest BCUT2D eigenvalue weighted by Crippen LogP contribution is -2.06. The van der Waals surface area contributed by atoms with E-state index in [1.165, 1.54) is 7.11 Å². The summed E-state index contributed by atoms with van der Waals surface area (Å²) < 4.78 is 10.1. The summed E-state index contributed by atoms with van der Waals surface area (Å²) in [5.74, 6) is 0.554. The summed E-state index contributed by atoms with van der Waals surface area (Å²) in [6.45, 7) is 4.59. The van der Waals surface area contributed by atoms with E-state index in [1.807, 2.05) is 38.1 Å². The summed E-state index contributed by atoms with van der Waals surface area (Å²) in [5.41, 5.74) is 2.66. The van der Waals surface area contributed by atoms with Gasteiger partial charge in [0.1, 0.15) is 5.75 Å². The van der Waals surface area contributed by atoms with Crippen LogP contribution < -0.4 is 4.74 Å². The molecule has 1 heterocycles. The van der Waals surface area contributed by atoms with E-state index < -0.39 is 0 Å². The second-order valence-corrected chi connectivity index (χ2v) is 4.30. The number of rotatable bonds is 4. The fourth-order valence-corrected chi connectivity index (χ4v) is 2.01. The van der Waals surface area contributed by atoms with Gasteiger partial charge in [-0.3, -0.25) is 9.78 Å². The van der Waals surface area contributed by atoms with Crippen molar-refractivity contribution < 1.29 is 14.3 Å². The van der Waals surface area contributed by atoms with Crippen LogP contribution in [0.4, 0.5) is 0 Å². The van der Waals surface area contributed by atoms with Crippen molar-refractivity contribution in [1.29, 1.82) is 0 Å². The van der Waals surface area contributed by atoms with Gasteiger partial charge in [-0.1, -0.05) is 0 Å². The maximum absolute atomic E-state index is 11.3. The molecule has 0 radical (unpaired) electrons. The molecule has 0 fully saturated rings. The van der Waals surface area contributed by atoms with Crippen LogP contribution in [0.5, 0.6) is 5.75 Å². The third-order valence-electron chi connectivity index (χ3n) is 2.90. The summed E-state index contributed by atoms with van der Waals surface area (Å²) >= 11 is 0. The van der Waals surface area contributed by atoms with Crippen LogP contribution in [0.15, 0.2) is 24.3 Å². The fourth-order valence-electron chi connectivity index (χ4n) is 2.01. The molecule has 2 aromatic rings. The second kappa shape index (κ2) is 5.69. The van der Waals surface area contributed by atoms with E-state index in [-0.39, 0.29) is 12.4 Å². The molecule has 0 spiro atoms. The number of benzene rings is 1. The lowest BCUT2D eigenvalue weighted by atomic mass is 10.1. The van der Waals surface area contributed by atoms with Crippen molar-refractivity contribution in [2.24, 2.45) is 0 Å². The first kappa shape index (κ1) is 13.3. The third-order valence-corrected chi connectivity index (χ3v) is 2.90. The molecule has 4 nitrogen and oxygen atoms in total. The van der Waals surface area contributed by atoms with Crippen LogP contribution in [0.2, 0.25) is 0 Å². The van der Waals surface area contributed by atoms with Gasteiger partial charge >= 0.3 is 5.97 Å². The van der Waals surface area contributed by atoms with Gasteiger partial charge in [0.2, 0.25) is 0 Å².